The molecule has 9 amide bonds. The van der Waals surface area contributed by atoms with E-state index in [-0.39, 0.29) is 50.9 Å². The van der Waals surface area contributed by atoms with Crippen LogP contribution in [0.3, 0.4) is 0 Å². The Kier molecular flexibility index (Phi) is 22.6. The Morgan fingerprint density at radius 1 is 0.557 bits per heavy atom. The van der Waals surface area contributed by atoms with E-state index in [1.54, 1.807) is 60.7 Å². The predicted octanol–water partition coefficient (Wildman–Crippen LogP) is -1.85. The van der Waals surface area contributed by atoms with Gasteiger partial charge >= 0.3 is 0 Å². The van der Waals surface area contributed by atoms with Crippen LogP contribution in [0.5, 0.6) is 0 Å². The lowest BCUT2D eigenvalue weighted by Gasteiger charge is -2.26. The molecule has 0 heterocycles. The van der Waals surface area contributed by atoms with Crippen molar-refractivity contribution in [2.75, 3.05) is 18.6 Å². The number of benzene rings is 2. The van der Waals surface area contributed by atoms with Gasteiger partial charge in [0.05, 0.1) is 12.6 Å². The average molecular weight is 869 g/mol. The Morgan fingerprint density at radius 3 is 1.51 bits per heavy atom. The van der Waals surface area contributed by atoms with E-state index in [4.69, 9.17) is 22.9 Å². The lowest BCUT2D eigenvalue weighted by molar-refractivity contribution is -0.134. The zero-order chi connectivity index (χ0) is 45.5. The molecule has 0 aromatic heterocycles. The van der Waals surface area contributed by atoms with Crippen molar-refractivity contribution in [3.8, 4) is 0 Å². The van der Waals surface area contributed by atoms with Crippen molar-refractivity contribution in [3.05, 3.63) is 71.8 Å². The molecule has 2 aromatic carbocycles. The number of carbonyl (C=O) groups is 9. The van der Waals surface area contributed by atoms with Crippen molar-refractivity contribution in [3.63, 3.8) is 0 Å². The van der Waals surface area contributed by atoms with Crippen LogP contribution >= 0.6 is 11.8 Å². The molecule has 61 heavy (non-hydrogen) atoms. The highest BCUT2D eigenvalue weighted by Crippen LogP contribution is 2.10. The van der Waals surface area contributed by atoms with Gasteiger partial charge in [-0.1, -0.05) is 74.5 Å². The first-order chi connectivity index (χ1) is 28.9. The van der Waals surface area contributed by atoms with Crippen LogP contribution in [0.1, 0.15) is 63.5 Å². The third-order valence-electron chi connectivity index (χ3n) is 9.23. The summed E-state index contributed by atoms with van der Waals surface area (Å²) in [5, 5.41) is 15.5. The number of rotatable bonds is 28. The van der Waals surface area contributed by atoms with E-state index in [9.17, 15) is 43.2 Å². The molecular weight excluding hydrogens is 809 g/mol. The van der Waals surface area contributed by atoms with Crippen molar-refractivity contribution in [1.82, 2.24) is 31.9 Å². The molecule has 0 aliphatic heterocycles. The molecule has 19 nitrogen and oxygen atoms in total. The van der Waals surface area contributed by atoms with E-state index >= 15 is 0 Å². The molecule has 14 N–H and O–H groups in total. The maximum atomic E-state index is 14.1. The highest BCUT2D eigenvalue weighted by atomic mass is 32.2. The van der Waals surface area contributed by atoms with Gasteiger partial charge in [-0.05, 0) is 54.7 Å². The van der Waals surface area contributed by atoms with Crippen LogP contribution in [-0.4, -0.2) is 108 Å². The molecule has 334 valence electrons. The minimum Gasteiger partial charge on any atom is -0.370 e. The number of hydrogen-bond acceptors (Lipinski definition) is 11. The largest absolute Gasteiger partial charge is 0.370 e. The van der Waals surface area contributed by atoms with Crippen molar-refractivity contribution in [2.45, 2.75) is 101 Å². The third-order valence-corrected chi connectivity index (χ3v) is 9.88. The third kappa shape index (κ3) is 20.2. The highest BCUT2D eigenvalue weighted by Gasteiger charge is 2.32. The fourth-order valence-corrected chi connectivity index (χ4v) is 6.43. The number of thioether (sulfide) groups is 1. The van der Waals surface area contributed by atoms with E-state index < -0.39 is 96.0 Å². The summed E-state index contributed by atoms with van der Waals surface area (Å²) in [6.07, 6.45) is 1.40. The number of amides is 9. The summed E-state index contributed by atoms with van der Waals surface area (Å²) < 4.78 is 0. The van der Waals surface area contributed by atoms with Gasteiger partial charge < -0.3 is 54.8 Å². The standard InChI is InChI=1S/C41H60N10O9S/c1-24(2)20-30(40(59)48-28(36(45)55)18-19-61-3)47-35(54)23-46-38(57)31(21-25-10-6-4-7-11-25)50-41(60)32(22-26-12-8-5-9-13-26)51-39(58)29(15-17-34(44)53)49-37(56)27(42)14-16-33(43)52/h4-13,24,27-32H,14-23,42H2,1-3H3,(H2,43,52)(H2,44,53)(H2,45,55)(H,46,57)(H,47,54)(H,48,59)(H,49,56)(H,50,60)(H,51,58)/t27-,28-,29-,30-,31-,32-/m0/s1. The Balaban J connectivity index is 2.33. The zero-order valence-corrected chi connectivity index (χ0v) is 35.6. The van der Waals surface area contributed by atoms with E-state index in [0.29, 0.717) is 23.3 Å². The van der Waals surface area contributed by atoms with E-state index in [1.165, 1.54) is 11.8 Å². The lowest BCUT2D eigenvalue weighted by Crippen LogP contribution is -2.59. The maximum Gasteiger partial charge on any atom is 0.243 e. The van der Waals surface area contributed by atoms with E-state index in [0.717, 1.165) is 0 Å². The van der Waals surface area contributed by atoms with Gasteiger partial charge in [-0.3, -0.25) is 43.2 Å². The Hall–Kier alpha value is -6.02. The monoisotopic (exact) mass is 868 g/mol. The van der Waals surface area contributed by atoms with Crippen molar-refractivity contribution < 1.29 is 43.2 Å². The quantitative estimate of drug-likeness (QED) is 0.0453. The van der Waals surface area contributed by atoms with E-state index in [2.05, 4.69) is 31.9 Å². The molecular formula is C41H60N10O9S. The lowest BCUT2D eigenvalue weighted by atomic mass is 10.0. The molecule has 0 saturated carbocycles. The number of hydrogen-bond donors (Lipinski definition) is 10. The number of carbonyl (C=O) groups excluding carboxylic acids is 9. The molecule has 6 atom stereocenters. The van der Waals surface area contributed by atoms with Gasteiger partial charge in [0.15, 0.2) is 0 Å². The Labute approximate surface area is 359 Å². The Bertz CT molecular complexity index is 1800. The van der Waals surface area contributed by atoms with Crippen molar-refractivity contribution >= 4 is 64.9 Å². The van der Waals surface area contributed by atoms with Crippen LogP contribution in [-0.2, 0) is 56.0 Å². The molecule has 0 spiro atoms. The van der Waals surface area contributed by atoms with Crippen LogP contribution in [0.25, 0.3) is 0 Å². The first kappa shape index (κ1) is 51.1. The second-order valence-corrected chi connectivity index (χ2v) is 15.9. The number of nitrogens with one attached hydrogen (secondary N) is 6. The van der Waals surface area contributed by atoms with Crippen molar-refractivity contribution in [2.24, 2.45) is 28.9 Å². The molecule has 20 heteroatoms. The molecule has 0 aliphatic carbocycles. The smallest absolute Gasteiger partial charge is 0.243 e. The van der Waals surface area contributed by atoms with Gasteiger partial charge in [0.2, 0.25) is 53.2 Å². The molecule has 0 bridgehead atoms. The van der Waals surface area contributed by atoms with Crippen molar-refractivity contribution in [1.29, 1.82) is 0 Å². The summed E-state index contributed by atoms with van der Waals surface area (Å²) in [5.74, 6) is -6.19. The van der Waals surface area contributed by atoms with Gasteiger partial charge in [-0.2, -0.15) is 11.8 Å². The van der Waals surface area contributed by atoms with Gasteiger partial charge in [-0.25, -0.2) is 0 Å². The van der Waals surface area contributed by atoms with Gasteiger partial charge in [-0.15, -0.1) is 0 Å². The Morgan fingerprint density at radius 2 is 1.02 bits per heavy atom. The minimum atomic E-state index is -1.38. The highest BCUT2D eigenvalue weighted by molar-refractivity contribution is 7.98. The second-order valence-electron chi connectivity index (χ2n) is 14.9. The van der Waals surface area contributed by atoms with Crippen LogP contribution in [0.2, 0.25) is 0 Å². The number of primary amides is 3. The van der Waals surface area contributed by atoms with E-state index in [1.807, 2.05) is 20.1 Å². The summed E-state index contributed by atoms with van der Waals surface area (Å²) >= 11 is 1.48. The average Bonchev–Trinajstić information content (AvgIpc) is 3.21. The maximum absolute atomic E-state index is 14.1. The van der Waals surface area contributed by atoms with Crippen LogP contribution < -0.4 is 54.8 Å². The molecule has 0 aliphatic rings. The zero-order valence-electron chi connectivity index (χ0n) is 34.8. The van der Waals surface area contributed by atoms with Crippen LogP contribution in [0, 0.1) is 5.92 Å². The molecule has 0 unspecified atom stereocenters. The molecule has 2 aromatic rings. The van der Waals surface area contributed by atoms with Gasteiger partial charge in [0.25, 0.3) is 0 Å². The predicted molar refractivity (Wildman–Crippen MR) is 229 cm³/mol. The van der Waals surface area contributed by atoms with Crippen LogP contribution in [0.15, 0.2) is 60.7 Å². The van der Waals surface area contributed by atoms with Gasteiger partial charge in [0.1, 0.15) is 30.2 Å². The summed E-state index contributed by atoms with van der Waals surface area (Å²) in [7, 11) is 0. The number of nitrogens with two attached hydrogens (primary N) is 4. The fourth-order valence-electron chi connectivity index (χ4n) is 5.96. The molecule has 2 rings (SSSR count). The molecule has 0 fully saturated rings. The summed E-state index contributed by atoms with van der Waals surface area (Å²) in [5.41, 5.74) is 23.2. The summed E-state index contributed by atoms with van der Waals surface area (Å²) in [6.45, 7) is 3.11. The first-order valence-electron chi connectivity index (χ1n) is 19.9. The second kappa shape index (κ2) is 27.0. The molecule has 0 radical (unpaired) electrons. The first-order valence-corrected chi connectivity index (χ1v) is 21.3. The van der Waals surface area contributed by atoms with Gasteiger partial charge in [0, 0.05) is 25.7 Å². The minimum absolute atomic E-state index is 0.0323. The van der Waals surface area contributed by atoms with Crippen LogP contribution in [0.4, 0.5) is 0 Å². The topological polar surface area (TPSA) is 330 Å². The fraction of sp³-hybridized carbons (Fsp3) is 0.488. The summed E-state index contributed by atoms with van der Waals surface area (Å²) in [6, 6.07) is 10.1. The summed E-state index contributed by atoms with van der Waals surface area (Å²) in [4.78, 5) is 116. The SMILES string of the molecule is CSCC[C@H](NC(=O)[C@H](CC(C)C)NC(=O)CNC(=O)[C@H](Cc1ccccc1)NC(=O)[C@H](Cc1ccccc1)NC(=O)[C@H](CCC(N)=O)NC(=O)[C@@H](N)CCC(N)=O)C(N)=O. The normalized spacial score (nSPS) is 13.9. The molecule has 0 saturated heterocycles.